The Morgan fingerprint density at radius 3 is 2.24 bits per heavy atom. The summed E-state index contributed by atoms with van der Waals surface area (Å²) in [7, 11) is 5.67. The number of nitrogens with one attached hydrogen (secondary N) is 2. The van der Waals surface area contributed by atoms with Crippen LogP contribution in [0.15, 0.2) is 53.5 Å². The number of nitrogens with zero attached hydrogens (tertiary/aromatic N) is 3. The molecule has 0 spiro atoms. The van der Waals surface area contributed by atoms with Crippen LogP contribution in [0.4, 0.5) is 0 Å². The Morgan fingerprint density at radius 1 is 0.931 bits per heavy atom. The van der Waals surface area contributed by atoms with E-state index in [9.17, 15) is 0 Å². The van der Waals surface area contributed by atoms with Crippen LogP contribution in [0.5, 0.6) is 5.75 Å². The summed E-state index contributed by atoms with van der Waals surface area (Å²) in [5.41, 5.74) is 3.77. The van der Waals surface area contributed by atoms with Crippen LogP contribution in [0.1, 0.15) is 16.7 Å². The van der Waals surface area contributed by atoms with Gasteiger partial charge in [-0.2, -0.15) is 0 Å². The van der Waals surface area contributed by atoms with Gasteiger partial charge in [-0.15, -0.1) is 0 Å². The van der Waals surface area contributed by atoms with Crippen molar-refractivity contribution in [3.05, 3.63) is 65.2 Å². The lowest BCUT2D eigenvalue weighted by molar-refractivity contribution is 0.148. The second-order valence-electron chi connectivity index (χ2n) is 7.53. The second-order valence-corrected chi connectivity index (χ2v) is 7.53. The highest BCUT2D eigenvalue weighted by Crippen LogP contribution is 2.12. The SMILES string of the molecule is CN=C(NCc1ccc(CN2CCN(C)CC2)cc1)NCc1cccc(OC)c1. The molecule has 2 aromatic rings. The van der Waals surface area contributed by atoms with Crippen LogP contribution in [0.25, 0.3) is 0 Å². The molecule has 1 aliphatic heterocycles. The zero-order valence-corrected chi connectivity index (χ0v) is 17.8. The Morgan fingerprint density at radius 2 is 1.59 bits per heavy atom. The molecule has 0 bridgehead atoms. The molecule has 0 amide bonds. The summed E-state index contributed by atoms with van der Waals surface area (Å²) in [4.78, 5) is 9.23. The predicted octanol–water partition coefficient (Wildman–Crippen LogP) is 2.31. The Bertz CT molecular complexity index is 782. The number of guanidine groups is 1. The van der Waals surface area contributed by atoms with Gasteiger partial charge in [-0.05, 0) is 35.9 Å². The van der Waals surface area contributed by atoms with Crippen molar-refractivity contribution in [3.8, 4) is 5.75 Å². The third kappa shape index (κ3) is 6.76. The number of piperazine rings is 1. The van der Waals surface area contributed by atoms with Crippen molar-refractivity contribution in [1.29, 1.82) is 0 Å². The van der Waals surface area contributed by atoms with Crippen LogP contribution in [-0.4, -0.2) is 63.1 Å². The minimum atomic E-state index is 0.695. The Hall–Kier alpha value is -2.57. The van der Waals surface area contributed by atoms with Crippen molar-refractivity contribution in [2.45, 2.75) is 19.6 Å². The van der Waals surface area contributed by atoms with Crippen LogP contribution in [0, 0.1) is 0 Å². The molecule has 29 heavy (non-hydrogen) atoms. The minimum absolute atomic E-state index is 0.695. The Labute approximate surface area is 174 Å². The second kappa shape index (κ2) is 10.8. The summed E-state index contributed by atoms with van der Waals surface area (Å²) in [6, 6.07) is 16.9. The van der Waals surface area contributed by atoms with Gasteiger partial charge in [0, 0.05) is 52.9 Å². The maximum Gasteiger partial charge on any atom is 0.191 e. The Kier molecular flexibility index (Phi) is 7.90. The zero-order valence-electron chi connectivity index (χ0n) is 17.8. The van der Waals surface area contributed by atoms with E-state index in [1.807, 2.05) is 18.2 Å². The lowest BCUT2D eigenvalue weighted by Gasteiger charge is -2.32. The largest absolute Gasteiger partial charge is 0.497 e. The average Bonchev–Trinajstić information content (AvgIpc) is 2.76. The molecule has 2 N–H and O–H groups in total. The molecular weight excluding hydrogens is 362 g/mol. The number of benzene rings is 2. The molecule has 3 rings (SSSR count). The van der Waals surface area contributed by atoms with Gasteiger partial charge in [-0.1, -0.05) is 36.4 Å². The van der Waals surface area contributed by atoms with E-state index in [2.05, 4.69) is 62.8 Å². The summed E-state index contributed by atoms with van der Waals surface area (Å²) < 4.78 is 5.28. The number of hydrogen-bond donors (Lipinski definition) is 2. The molecular formula is C23H33N5O. The van der Waals surface area contributed by atoms with Crippen molar-refractivity contribution >= 4 is 5.96 Å². The van der Waals surface area contributed by atoms with Gasteiger partial charge in [-0.3, -0.25) is 9.89 Å². The summed E-state index contributed by atoms with van der Waals surface area (Å²) in [6.45, 7) is 7.08. The normalized spacial score (nSPS) is 15.9. The lowest BCUT2D eigenvalue weighted by Crippen LogP contribution is -2.43. The first kappa shape index (κ1) is 21.1. The van der Waals surface area contributed by atoms with Crippen molar-refractivity contribution in [3.63, 3.8) is 0 Å². The molecule has 6 nitrogen and oxygen atoms in total. The molecule has 0 atom stereocenters. The maximum atomic E-state index is 5.28. The van der Waals surface area contributed by atoms with Gasteiger partial charge in [0.05, 0.1) is 7.11 Å². The van der Waals surface area contributed by atoms with Gasteiger partial charge < -0.3 is 20.3 Å². The fraction of sp³-hybridized carbons (Fsp3) is 0.435. The molecule has 1 saturated heterocycles. The molecule has 6 heteroatoms. The van der Waals surface area contributed by atoms with E-state index in [1.165, 1.54) is 11.1 Å². The standard InChI is InChI=1S/C23H33N5O/c1-24-23(26-17-21-5-4-6-22(15-21)29-3)25-16-19-7-9-20(10-8-19)18-28-13-11-27(2)12-14-28/h4-10,15H,11-14,16-18H2,1-3H3,(H2,24,25,26). The first-order chi connectivity index (χ1) is 14.2. The van der Waals surface area contributed by atoms with Crippen LogP contribution in [0.3, 0.4) is 0 Å². The van der Waals surface area contributed by atoms with E-state index in [-0.39, 0.29) is 0 Å². The molecule has 0 aliphatic carbocycles. The number of rotatable bonds is 7. The molecule has 1 aliphatic rings. The van der Waals surface area contributed by atoms with Crippen molar-refractivity contribution in [2.24, 2.45) is 4.99 Å². The maximum absolute atomic E-state index is 5.28. The van der Waals surface area contributed by atoms with Crippen molar-refractivity contribution in [2.75, 3.05) is 47.4 Å². The highest BCUT2D eigenvalue weighted by Gasteiger charge is 2.13. The van der Waals surface area contributed by atoms with Gasteiger partial charge >= 0.3 is 0 Å². The van der Waals surface area contributed by atoms with Gasteiger partial charge in [0.2, 0.25) is 0 Å². The molecule has 0 saturated carbocycles. The summed E-state index contributed by atoms with van der Waals surface area (Å²) in [5, 5.41) is 6.73. The van der Waals surface area contributed by atoms with E-state index < -0.39 is 0 Å². The van der Waals surface area contributed by atoms with Crippen LogP contribution in [0.2, 0.25) is 0 Å². The van der Waals surface area contributed by atoms with Crippen molar-refractivity contribution < 1.29 is 4.74 Å². The fourth-order valence-electron chi connectivity index (χ4n) is 3.40. The number of ether oxygens (including phenoxy) is 1. The van der Waals surface area contributed by atoms with E-state index in [4.69, 9.17) is 4.74 Å². The molecule has 1 fully saturated rings. The van der Waals surface area contributed by atoms with E-state index in [0.717, 1.165) is 56.5 Å². The van der Waals surface area contributed by atoms with Gasteiger partial charge in [0.15, 0.2) is 5.96 Å². The van der Waals surface area contributed by atoms with Gasteiger partial charge in [0.25, 0.3) is 0 Å². The van der Waals surface area contributed by atoms with E-state index in [1.54, 1.807) is 14.2 Å². The van der Waals surface area contributed by atoms with Crippen LogP contribution in [-0.2, 0) is 19.6 Å². The number of likely N-dealkylation sites (N-methyl/N-ethyl adjacent to an activating group) is 1. The number of hydrogen-bond acceptors (Lipinski definition) is 4. The Balaban J connectivity index is 1.44. The molecule has 0 aromatic heterocycles. The lowest BCUT2D eigenvalue weighted by atomic mass is 10.1. The van der Waals surface area contributed by atoms with Crippen LogP contribution < -0.4 is 15.4 Å². The average molecular weight is 396 g/mol. The third-order valence-electron chi connectivity index (χ3n) is 5.30. The molecule has 156 valence electrons. The van der Waals surface area contributed by atoms with Crippen LogP contribution >= 0.6 is 0 Å². The van der Waals surface area contributed by atoms with Gasteiger partial charge in [0.1, 0.15) is 5.75 Å². The molecule has 0 unspecified atom stereocenters. The van der Waals surface area contributed by atoms with Crippen molar-refractivity contribution in [1.82, 2.24) is 20.4 Å². The minimum Gasteiger partial charge on any atom is -0.497 e. The number of methoxy groups -OCH3 is 1. The topological polar surface area (TPSA) is 52.1 Å². The molecule has 1 heterocycles. The van der Waals surface area contributed by atoms with E-state index >= 15 is 0 Å². The highest BCUT2D eigenvalue weighted by molar-refractivity contribution is 5.79. The van der Waals surface area contributed by atoms with E-state index in [0.29, 0.717) is 6.54 Å². The van der Waals surface area contributed by atoms with Gasteiger partial charge in [-0.25, -0.2) is 0 Å². The fourth-order valence-corrected chi connectivity index (χ4v) is 3.40. The summed E-state index contributed by atoms with van der Waals surface area (Å²) in [5.74, 6) is 1.65. The summed E-state index contributed by atoms with van der Waals surface area (Å²) >= 11 is 0. The molecule has 0 radical (unpaired) electrons. The monoisotopic (exact) mass is 395 g/mol. The zero-order chi connectivity index (χ0) is 20.5. The first-order valence-corrected chi connectivity index (χ1v) is 10.2. The number of aliphatic imine (C=N–C) groups is 1. The smallest absolute Gasteiger partial charge is 0.191 e. The predicted molar refractivity (Wildman–Crippen MR) is 119 cm³/mol. The first-order valence-electron chi connectivity index (χ1n) is 10.2. The quantitative estimate of drug-likeness (QED) is 0.557. The summed E-state index contributed by atoms with van der Waals surface area (Å²) in [6.07, 6.45) is 0. The highest BCUT2D eigenvalue weighted by atomic mass is 16.5. The molecule has 2 aromatic carbocycles. The third-order valence-corrected chi connectivity index (χ3v) is 5.30.